The quantitative estimate of drug-likeness (QED) is 0.144. The van der Waals surface area contributed by atoms with Crippen LogP contribution in [0.15, 0.2) is 36.4 Å². The summed E-state index contributed by atoms with van der Waals surface area (Å²) in [4.78, 5) is 0. The molecule has 1 rings (SSSR count). The second-order valence-electron chi connectivity index (χ2n) is 7.69. The maximum Gasteiger partial charge on any atom is 1.00 e. The molecule has 0 amide bonds. The standard InChI is InChI=1S/C18H38O4S.C6H6.Na/c1-2-3-4-5-6-7-8-9-10-11-12-13-14-15-16-17-18-22-23(19,20)21;1-2-4-6-5-3-1;/h2-18H2,1H3,(H,19,20,21);1-6H;/q;;+1/p-1. The summed E-state index contributed by atoms with van der Waals surface area (Å²) in [6.07, 6.45) is 20.3. The zero-order valence-corrected chi connectivity index (χ0v) is 22.3. The van der Waals surface area contributed by atoms with E-state index in [9.17, 15) is 13.0 Å². The van der Waals surface area contributed by atoms with Gasteiger partial charge >= 0.3 is 29.6 Å². The third kappa shape index (κ3) is 30.3. The molecule has 0 saturated heterocycles. The van der Waals surface area contributed by atoms with Gasteiger partial charge in [0.25, 0.3) is 0 Å². The Morgan fingerprint density at radius 3 is 1.10 bits per heavy atom. The second kappa shape index (κ2) is 25.4. The van der Waals surface area contributed by atoms with Crippen LogP contribution in [-0.2, 0) is 14.6 Å². The average molecular weight is 451 g/mol. The smallest absolute Gasteiger partial charge is 0.726 e. The number of benzene rings is 1. The van der Waals surface area contributed by atoms with Crippen molar-refractivity contribution in [2.75, 3.05) is 6.61 Å². The van der Waals surface area contributed by atoms with E-state index in [1.165, 1.54) is 83.5 Å². The van der Waals surface area contributed by atoms with E-state index >= 15 is 0 Å². The van der Waals surface area contributed by atoms with E-state index in [1.54, 1.807) is 0 Å². The monoisotopic (exact) mass is 450 g/mol. The minimum atomic E-state index is -4.49. The molecule has 0 bridgehead atoms. The summed E-state index contributed by atoms with van der Waals surface area (Å²) in [5.74, 6) is 0. The molecule has 170 valence electrons. The number of hydrogen-bond donors (Lipinski definition) is 0. The maximum atomic E-state index is 10.2. The van der Waals surface area contributed by atoms with Crippen molar-refractivity contribution >= 4 is 10.4 Å². The van der Waals surface area contributed by atoms with Gasteiger partial charge < -0.3 is 4.55 Å². The molecule has 4 nitrogen and oxygen atoms in total. The fourth-order valence-electron chi connectivity index (χ4n) is 3.20. The maximum absolute atomic E-state index is 10.2. The van der Waals surface area contributed by atoms with Crippen molar-refractivity contribution < 1.29 is 46.7 Å². The van der Waals surface area contributed by atoms with E-state index in [0.29, 0.717) is 6.42 Å². The van der Waals surface area contributed by atoms with Gasteiger partial charge in [0, 0.05) is 0 Å². The SMILES string of the molecule is CCCCCCCCCCCCCCCCCCOS(=O)(=O)[O-].[Na+].c1ccccc1. The predicted octanol–water partition coefficient (Wildman–Crippen LogP) is 4.42. The van der Waals surface area contributed by atoms with Crippen molar-refractivity contribution in [3.05, 3.63) is 36.4 Å². The molecule has 0 radical (unpaired) electrons. The van der Waals surface area contributed by atoms with Gasteiger partial charge in [0.05, 0.1) is 6.61 Å². The first-order valence-corrected chi connectivity index (χ1v) is 13.0. The van der Waals surface area contributed by atoms with Crippen molar-refractivity contribution in [2.45, 2.75) is 110 Å². The fraction of sp³-hybridized carbons (Fsp3) is 0.750. The molecule has 0 atom stereocenters. The molecule has 0 spiro atoms. The summed E-state index contributed by atoms with van der Waals surface area (Å²) in [6.45, 7) is 2.29. The van der Waals surface area contributed by atoms with Gasteiger partial charge in [-0.2, -0.15) is 0 Å². The van der Waals surface area contributed by atoms with Crippen molar-refractivity contribution in [3.8, 4) is 0 Å². The molecule has 0 fully saturated rings. The van der Waals surface area contributed by atoms with Crippen LogP contribution in [0.4, 0.5) is 0 Å². The molecule has 0 N–H and O–H groups in total. The summed E-state index contributed by atoms with van der Waals surface area (Å²) in [5, 5.41) is 0. The average Bonchev–Trinajstić information content (AvgIpc) is 2.71. The van der Waals surface area contributed by atoms with Crippen LogP contribution in [0.5, 0.6) is 0 Å². The van der Waals surface area contributed by atoms with E-state index in [0.717, 1.165) is 12.8 Å². The van der Waals surface area contributed by atoms with Crippen LogP contribution in [0.25, 0.3) is 0 Å². The molecule has 1 aromatic rings. The van der Waals surface area contributed by atoms with Gasteiger partial charge in [0.1, 0.15) is 0 Å². The Kier molecular flexibility index (Phi) is 27.3. The molecule has 0 aliphatic carbocycles. The van der Waals surface area contributed by atoms with Crippen molar-refractivity contribution in [3.63, 3.8) is 0 Å². The predicted molar refractivity (Wildman–Crippen MR) is 122 cm³/mol. The first kappa shape index (κ1) is 32.3. The van der Waals surface area contributed by atoms with Gasteiger partial charge in [-0.15, -0.1) is 0 Å². The molecule has 0 saturated carbocycles. The molecule has 0 unspecified atom stereocenters. The topological polar surface area (TPSA) is 66.4 Å². The van der Waals surface area contributed by atoms with Crippen LogP contribution < -0.4 is 29.6 Å². The first-order valence-electron chi connectivity index (χ1n) is 11.7. The van der Waals surface area contributed by atoms with Crippen LogP contribution in [0.1, 0.15) is 110 Å². The summed E-state index contributed by atoms with van der Waals surface area (Å²) < 4.78 is 34.8. The van der Waals surface area contributed by atoms with Gasteiger partial charge in [-0.05, 0) is 6.42 Å². The Labute approximate surface area is 208 Å². The molecule has 0 aliphatic rings. The fourth-order valence-corrected chi connectivity index (χ4v) is 3.52. The number of unbranched alkanes of at least 4 members (excludes halogenated alkanes) is 15. The van der Waals surface area contributed by atoms with Crippen LogP contribution >= 0.6 is 0 Å². The van der Waals surface area contributed by atoms with E-state index in [4.69, 9.17) is 0 Å². The van der Waals surface area contributed by atoms with Gasteiger partial charge in [-0.1, -0.05) is 140 Å². The summed E-state index contributed by atoms with van der Waals surface area (Å²) in [5.41, 5.74) is 0. The van der Waals surface area contributed by atoms with E-state index in [-0.39, 0.29) is 36.2 Å². The van der Waals surface area contributed by atoms with E-state index in [1.807, 2.05) is 36.4 Å². The molecule has 6 heteroatoms. The minimum absolute atomic E-state index is 0. The third-order valence-corrected chi connectivity index (χ3v) is 5.35. The Morgan fingerprint density at radius 1 is 0.567 bits per heavy atom. The van der Waals surface area contributed by atoms with E-state index < -0.39 is 10.4 Å². The van der Waals surface area contributed by atoms with Gasteiger partial charge in [-0.25, -0.2) is 8.42 Å². The Bertz CT molecular complexity index is 497. The number of hydrogen-bond acceptors (Lipinski definition) is 4. The molecule has 0 aromatic heterocycles. The summed E-state index contributed by atoms with van der Waals surface area (Å²) >= 11 is 0. The van der Waals surface area contributed by atoms with E-state index in [2.05, 4.69) is 11.1 Å². The molecule has 30 heavy (non-hydrogen) atoms. The largest absolute Gasteiger partial charge is 1.00 e. The second-order valence-corrected chi connectivity index (χ2v) is 8.74. The van der Waals surface area contributed by atoms with Crippen LogP contribution in [0, 0.1) is 0 Å². The molecule has 0 aliphatic heterocycles. The molecular weight excluding hydrogens is 407 g/mol. The number of rotatable bonds is 18. The Hall–Kier alpha value is 0.0900. The van der Waals surface area contributed by atoms with Crippen LogP contribution in [0.2, 0.25) is 0 Å². The normalized spacial score (nSPS) is 10.7. The zero-order valence-electron chi connectivity index (χ0n) is 19.5. The Morgan fingerprint density at radius 2 is 0.833 bits per heavy atom. The van der Waals surface area contributed by atoms with Crippen LogP contribution in [0.3, 0.4) is 0 Å². The molecule has 1 aromatic carbocycles. The Balaban J connectivity index is 0. The first-order chi connectivity index (χ1) is 14.1. The van der Waals surface area contributed by atoms with Crippen LogP contribution in [-0.4, -0.2) is 19.6 Å². The minimum Gasteiger partial charge on any atom is -0.726 e. The molecule has 0 heterocycles. The third-order valence-electron chi connectivity index (χ3n) is 4.89. The van der Waals surface area contributed by atoms with Gasteiger partial charge in [0.2, 0.25) is 10.4 Å². The van der Waals surface area contributed by atoms with Gasteiger partial charge in [-0.3, -0.25) is 4.18 Å². The van der Waals surface area contributed by atoms with Crippen molar-refractivity contribution in [2.24, 2.45) is 0 Å². The summed E-state index contributed by atoms with van der Waals surface area (Å²) in [7, 11) is -4.49. The van der Waals surface area contributed by atoms with Gasteiger partial charge in [0.15, 0.2) is 0 Å². The van der Waals surface area contributed by atoms with Crippen molar-refractivity contribution in [1.29, 1.82) is 0 Å². The summed E-state index contributed by atoms with van der Waals surface area (Å²) in [6, 6.07) is 12.0. The van der Waals surface area contributed by atoms with Crippen molar-refractivity contribution in [1.82, 2.24) is 0 Å². The molecular formula is C24H43NaO4S. The zero-order chi connectivity index (χ0) is 21.5.